The van der Waals surface area contributed by atoms with E-state index in [1.165, 1.54) is 12.1 Å². The predicted molar refractivity (Wildman–Crippen MR) is 112 cm³/mol. The molecule has 2 amide bonds. The van der Waals surface area contributed by atoms with E-state index >= 15 is 0 Å². The number of rotatable bonds is 4. The smallest absolute Gasteiger partial charge is 0.409 e. The number of ether oxygens (including phenoxy) is 1. The molecule has 0 saturated carbocycles. The number of hydrogen-bond acceptors (Lipinski definition) is 4. The highest BCUT2D eigenvalue weighted by Gasteiger charge is 2.29. The minimum atomic E-state index is -0.333. The van der Waals surface area contributed by atoms with E-state index in [1.54, 1.807) is 28.6 Å². The molecule has 2 aromatic rings. The Bertz CT molecular complexity index is 894. The van der Waals surface area contributed by atoms with Crippen molar-refractivity contribution in [3.8, 4) is 5.69 Å². The van der Waals surface area contributed by atoms with Gasteiger partial charge in [0.1, 0.15) is 11.6 Å². The molecule has 0 atom stereocenters. The molecule has 7 nitrogen and oxygen atoms in total. The summed E-state index contributed by atoms with van der Waals surface area (Å²) in [5.41, 5.74) is 1.27. The minimum absolute atomic E-state index is 0.109. The molecule has 2 heterocycles. The average Bonchev–Trinajstić information content (AvgIpc) is 3.13. The van der Waals surface area contributed by atoms with Crippen LogP contribution in [-0.2, 0) is 14.9 Å². The van der Waals surface area contributed by atoms with Crippen molar-refractivity contribution >= 4 is 17.8 Å². The Kier molecular flexibility index (Phi) is 6.43. The molecule has 1 aromatic carbocycles. The normalized spacial score (nSPS) is 15.2. The molecule has 8 heteroatoms. The molecule has 3 rings (SSSR count). The molecule has 0 unspecified atom stereocenters. The number of nitrogens with zero attached hydrogens (tertiary/aromatic N) is 3. The zero-order chi connectivity index (χ0) is 21.9. The van der Waals surface area contributed by atoms with Crippen molar-refractivity contribution in [2.24, 2.45) is 5.92 Å². The summed E-state index contributed by atoms with van der Waals surface area (Å²) in [5.74, 6) is -0.0992. The summed E-state index contributed by atoms with van der Waals surface area (Å²) in [5, 5.41) is 7.63. The second kappa shape index (κ2) is 8.85. The van der Waals surface area contributed by atoms with Gasteiger partial charge in [-0.05, 0) is 44.0 Å². The zero-order valence-electron chi connectivity index (χ0n) is 17.9. The maximum absolute atomic E-state index is 13.4. The van der Waals surface area contributed by atoms with Crippen LogP contribution in [0.4, 0.5) is 15.0 Å². The lowest BCUT2D eigenvalue weighted by atomic mass is 9.92. The average molecular weight is 416 g/mol. The molecular formula is C22H29FN4O3. The first kappa shape index (κ1) is 21.8. The first-order valence-corrected chi connectivity index (χ1v) is 10.3. The highest BCUT2D eigenvalue weighted by atomic mass is 19.1. The Labute approximate surface area is 176 Å². The van der Waals surface area contributed by atoms with Crippen LogP contribution in [0.25, 0.3) is 5.69 Å². The molecule has 1 N–H and O–H groups in total. The molecule has 1 aromatic heterocycles. The Morgan fingerprint density at radius 1 is 1.20 bits per heavy atom. The highest BCUT2D eigenvalue weighted by molar-refractivity contribution is 5.92. The molecule has 1 saturated heterocycles. The van der Waals surface area contributed by atoms with Crippen LogP contribution in [-0.4, -0.2) is 46.4 Å². The van der Waals surface area contributed by atoms with Crippen LogP contribution in [0, 0.1) is 11.7 Å². The van der Waals surface area contributed by atoms with Crippen molar-refractivity contribution in [2.45, 2.75) is 46.0 Å². The van der Waals surface area contributed by atoms with Crippen molar-refractivity contribution in [2.75, 3.05) is 25.0 Å². The lowest BCUT2D eigenvalue weighted by Crippen LogP contribution is -2.41. The topological polar surface area (TPSA) is 76.5 Å². The van der Waals surface area contributed by atoms with Crippen LogP contribution in [0.5, 0.6) is 0 Å². The molecule has 1 aliphatic rings. The number of amides is 2. The summed E-state index contributed by atoms with van der Waals surface area (Å²) < 4.78 is 20.0. The Hall–Kier alpha value is -2.90. The third-order valence-corrected chi connectivity index (χ3v) is 5.19. The number of hydrogen-bond donors (Lipinski definition) is 1. The molecular weight excluding hydrogens is 387 g/mol. The van der Waals surface area contributed by atoms with E-state index in [0.717, 1.165) is 5.69 Å². The number of piperidine rings is 1. The second-order valence-corrected chi connectivity index (χ2v) is 8.50. The van der Waals surface area contributed by atoms with Gasteiger partial charge in [0.2, 0.25) is 5.91 Å². The van der Waals surface area contributed by atoms with Gasteiger partial charge in [0, 0.05) is 30.5 Å². The van der Waals surface area contributed by atoms with Gasteiger partial charge in [-0.15, -0.1) is 0 Å². The Balaban J connectivity index is 1.75. The van der Waals surface area contributed by atoms with Crippen molar-refractivity contribution in [1.82, 2.24) is 14.7 Å². The lowest BCUT2D eigenvalue weighted by molar-refractivity contribution is -0.121. The number of benzene rings is 1. The minimum Gasteiger partial charge on any atom is -0.450 e. The largest absolute Gasteiger partial charge is 0.450 e. The second-order valence-electron chi connectivity index (χ2n) is 8.50. The summed E-state index contributed by atoms with van der Waals surface area (Å²) in [6.07, 6.45) is 0.809. The molecule has 1 fully saturated rings. The maximum atomic E-state index is 13.4. The van der Waals surface area contributed by atoms with E-state index in [-0.39, 0.29) is 29.2 Å². The molecule has 0 bridgehead atoms. The first-order valence-electron chi connectivity index (χ1n) is 10.3. The van der Waals surface area contributed by atoms with Gasteiger partial charge in [-0.3, -0.25) is 4.79 Å². The molecule has 1 aliphatic heterocycles. The van der Waals surface area contributed by atoms with Crippen LogP contribution < -0.4 is 5.32 Å². The van der Waals surface area contributed by atoms with Gasteiger partial charge in [-0.1, -0.05) is 20.8 Å². The number of carbonyl (C=O) groups excluding carboxylic acids is 2. The van der Waals surface area contributed by atoms with Crippen molar-refractivity contribution in [1.29, 1.82) is 0 Å². The van der Waals surface area contributed by atoms with E-state index < -0.39 is 0 Å². The van der Waals surface area contributed by atoms with Gasteiger partial charge in [-0.25, -0.2) is 13.9 Å². The van der Waals surface area contributed by atoms with Gasteiger partial charge in [0.15, 0.2) is 0 Å². The van der Waals surface area contributed by atoms with Crippen LogP contribution in [0.1, 0.15) is 46.2 Å². The number of nitrogens with one attached hydrogen (secondary N) is 1. The van der Waals surface area contributed by atoms with E-state index in [2.05, 4.69) is 10.4 Å². The summed E-state index contributed by atoms with van der Waals surface area (Å²) in [6.45, 7) is 9.21. The fourth-order valence-corrected chi connectivity index (χ4v) is 3.38. The fourth-order valence-electron chi connectivity index (χ4n) is 3.38. The summed E-state index contributed by atoms with van der Waals surface area (Å²) in [4.78, 5) is 26.4. The number of carbonyl (C=O) groups is 2. The monoisotopic (exact) mass is 416 g/mol. The number of anilines is 1. The lowest BCUT2D eigenvalue weighted by Gasteiger charge is -2.30. The summed E-state index contributed by atoms with van der Waals surface area (Å²) in [6, 6.07) is 7.84. The maximum Gasteiger partial charge on any atom is 0.409 e. The zero-order valence-corrected chi connectivity index (χ0v) is 17.9. The van der Waals surface area contributed by atoms with Crippen LogP contribution in [0.2, 0.25) is 0 Å². The number of halogens is 1. The van der Waals surface area contributed by atoms with Crippen molar-refractivity contribution < 1.29 is 18.7 Å². The van der Waals surface area contributed by atoms with E-state index in [9.17, 15) is 14.0 Å². The van der Waals surface area contributed by atoms with Gasteiger partial charge in [-0.2, -0.15) is 5.10 Å². The van der Waals surface area contributed by atoms with Crippen LogP contribution in [0.15, 0.2) is 30.3 Å². The fraction of sp³-hybridized carbons (Fsp3) is 0.500. The van der Waals surface area contributed by atoms with Gasteiger partial charge in [0.25, 0.3) is 0 Å². The molecule has 30 heavy (non-hydrogen) atoms. The first-order chi connectivity index (χ1) is 14.2. The molecule has 0 spiro atoms. The third kappa shape index (κ3) is 4.98. The SMILES string of the molecule is CCOC(=O)N1CCC(C(=O)Nc2cc(C(C)(C)C)nn2-c2ccc(F)cc2)CC1. The van der Waals surface area contributed by atoms with E-state index in [1.807, 2.05) is 26.8 Å². The van der Waals surface area contributed by atoms with E-state index in [4.69, 9.17) is 4.74 Å². The molecule has 162 valence electrons. The third-order valence-electron chi connectivity index (χ3n) is 5.19. The van der Waals surface area contributed by atoms with Crippen LogP contribution in [0.3, 0.4) is 0 Å². The Morgan fingerprint density at radius 2 is 1.83 bits per heavy atom. The summed E-state index contributed by atoms with van der Waals surface area (Å²) in [7, 11) is 0. The van der Waals surface area contributed by atoms with E-state index in [0.29, 0.717) is 44.0 Å². The van der Waals surface area contributed by atoms with Gasteiger partial charge < -0.3 is 15.0 Å². The summed E-state index contributed by atoms with van der Waals surface area (Å²) >= 11 is 0. The number of likely N-dealkylation sites (tertiary alicyclic amines) is 1. The van der Waals surface area contributed by atoms with Gasteiger partial charge >= 0.3 is 6.09 Å². The highest BCUT2D eigenvalue weighted by Crippen LogP contribution is 2.27. The van der Waals surface area contributed by atoms with Crippen LogP contribution >= 0.6 is 0 Å². The molecule has 0 aliphatic carbocycles. The van der Waals surface area contributed by atoms with Crippen molar-refractivity contribution in [3.63, 3.8) is 0 Å². The standard InChI is InChI=1S/C22H29FN4O3/c1-5-30-21(29)26-12-10-15(11-13-26)20(28)24-19-14-18(22(2,3)4)25-27(19)17-8-6-16(23)7-9-17/h6-9,14-15H,5,10-13H2,1-4H3,(H,24,28). The quantitative estimate of drug-likeness (QED) is 0.814. The molecule has 0 radical (unpaired) electrons. The Morgan fingerprint density at radius 3 is 2.40 bits per heavy atom. The predicted octanol–water partition coefficient (Wildman–Crippen LogP) is 4.12. The number of aromatic nitrogens is 2. The van der Waals surface area contributed by atoms with Crippen molar-refractivity contribution in [3.05, 3.63) is 41.8 Å². The van der Waals surface area contributed by atoms with Gasteiger partial charge in [0.05, 0.1) is 18.0 Å².